The second-order valence-corrected chi connectivity index (χ2v) is 9.48. The monoisotopic (exact) mass is 417 g/mol. The summed E-state index contributed by atoms with van der Waals surface area (Å²) in [5.74, 6) is 0.797. The van der Waals surface area contributed by atoms with Gasteiger partial charge in [0, 0.05) is 19.2 Å². The Balaban J connectivity index is 1.65. The maximum atomic E-state index is 12.7. The topological polar surface area (TPSA) is 92.5 Å². The maximum absolute atomic E-state index is 12.7. The number of nitrogens with zero attached hydrogens (tertiary/aromatic N) is 2. The van der Waals surface area contributed by atoms with E-state index in [-0.39, 0.29) is 11.4 Å². The molecule has 29 heavy (non-hydrogen) atoms. The van der Waals surface area contributed by atoms with Crippen molar-refractivity contribution in [2.75, 3.05) is 13.1 Å². The minimum Gasteiger partial charge on any atom is -0.299 e. The zero-order valence-corrected chi connectivity index (χ0v) is 17.6. The molecule has 1 aliphatic heterocycles. The Morgan fingerprint density at radius 2 is 1.72 bits per heavy atom. The van der Waals surface area contributed by atoms with E-state index in [0.29, 0.717) is 5.56 Å². The van der Waals surface area contributed by atoms with Crippen LogP contribution in [0.2, 0.25) is 0 Å². The van der Waals surface area contributed by atoms with Gasteiger partial charge in [-0.15, -0.1) is 0 Å². The zero-order chi connectivity index (χ0) is 21.0. The van der Waals surface area contributed by atoms with E-state index in [0.717, 1.165) is 31.1 Å². The number of aryl methyl sites for hydroxylation is 1. The summed E-state index contributed by atoms with van der Waals surface area (Å²) in [6, 6.07) is 12.1. The van der Waals surface area contributed by atoms with Crippen molar-refractivity contribution in [1.82, 2.24) is 9.62 Å². The van der Waals surface area contributed by atoms with Crippen LogP contribution in [0.15, 0.2) is 47.4 Å². The van der Waals surface area contributed by atoms with Crippen LogP contribution in [0.4, 0.5) is 5.69 Å². The highest BCUT2D eigenvalue weighted by Gasteiger charge is 2.27. The quantitative estimate of drug-likeness (QED) is 0.549. The minimum absolute atomic E-state index is 0.0787. The summed E-state index contributed by atoms with van der Waals surface area (Å²) in [7, 11) is -4.00. The lowest BCUT2D eigenvalue weighted by Crippen LogP contribution is -2.32. The zero-order valence-electron chi connectivity index (χ0n) is 16.8. The molecule has 2 aromatic rings. The molecule has 0 aromatic heterocycles. The number of nitro benzene ring substituents is 1. The largest absolute Gasteiger partial charge is 0.299 e. The van der Waals surface area contributed by atoms with Gasteiger partial charge in [-0.25, -0.2) is 13.1 Å². The number of piperidine rings is 1. The van der Waals surface area contributed by atoms with E-state index in [1.165, 1.54) is 30.5 Å². The number of nitrogens with one attached hydrogen (secondary N) is 1. The fourth-order valence-electron chi connectivity index (χ4n) is 3.62. The predicted molar refractivity (Wildman–Crippen MR) is 112 cm³/mol. The highest BCUT2D eigenvalue weighted by atomic mass is 32.2. The average Bonchev–Trinajstić information content (AvgIpc) is 2.69. The molecule has 0 unspecified atom stereocenters. The van der Waals surface area contributed by atoms with Crippen molar-refractivity contribution < 1.29 is 13.3 Å². The lowest BCUT2D eigenvalue weighted by molar-refractivity contribution is -0.387. The molecule has 1 N–H and O–H groups in total. The molecule has 0 spiro atoms. The fourth-order valence-corrected chi connectivity index (χ4v) is 5.03. The molecule has 7 nitrogen and oxygen atoms in total. The summed E-state index contributed by atoms with van der Waals surface area (Å²) in [6.45, 7) is 7.04. The Bertz CT molecular complexity index is 966. The summed E-state index contributed by atoms with van der Waals surface area (Å²) >= 11 is 0. The Hall–Kier alpha value is -2.29. The molecule has 1 aliphatic rings. The van der Waals surface area contributed by atoms with Gasteiger partial charge in [-0.2, -0.15) is 0 Å². The molecule has 1 saturated heterocycles. The van der Waals surface area contributed by atoms with Gasteiger partial charge in [0.1, 0.15) is 0 Å². The summed E-state index contributed by atoms with van der Waals surface area (Å²) < 4.78 is 27.9. The van der Waals surface area contributed by atoms with E-state index in [1.54, 1.807) is 13.0 Å². The van der Waals surface area contributed by atoms with E-state index in [9.17, 15) is 18.5 Å². The smallest absolute Gasteiger partial charge is 0.289 e. The Morgan fingerprint density at radius 3 is 2.34 bits per heavy atom. The van der Waals surface area contributed by atoms with Crippen LogP contribution in [0.5, 0.6) is 0 Å². The van der Waals surface area contributed by atoms with Crippen molar-refractivity contribution >= 4 is 15.7 Å². The number of benzene rings is 2. The third-order valence-corrected chi connectivity index (χ3v) is 7.02. The molecule has 0 atom stereocenters. The first kappa shape index (κ1) is 21.4. The molecule has 1 fully saturated rings. The van der Waals surface area contributed by atoms with Gasteiger partial charge in [0.2, 0.25) is 10.0 Å². The summed E-state index contributed by atoms with van der Waals surface area (Å²) in [6.07, 6.45) is 2.45. The lowest BCUT2D eigenvalue weighted by atomic mass is 9.99. The number of hydrogen-bond donors (Lipinski definition) is 1. The van der Waals surface area contributed by atoms with Crippen LogP contribution in [-0.4, -0.2) is 31.3 Å². The Morgan fingerprint density at radius 1 is 1.10 bits per heavy atom. The summed E-state index contributed by atoms with van der Waals surface area (Å²) in [5, 5.41) is 11.2. The Kier molecular flexibility index (Phi) is 6.66. The number of sulfonamides is 1. The molecule has 3 rings (SSSR count). The minimum atomic E-state index is -4.00. The van der Waals surface area contributed by atoms with Gasteiger partial charge in [-0.05, 0) is 55.5 Å². The van der Waals surface area contributed by atoms with Crippen LogP contribution in [-0.2, 0) is 23.1 Å². The maximum Gasteiger partial charge on any atom is 0.289 e. The molecule has 0 saturated carbocycles. The molecular formula is C21H27N3O4S. The number of rotatable bonds is 7. The van der Waals surface area contributed by atoms with E-state index in [1.807, 2.05) is 24.3 Å². The third kappa shape index (κ3) is 5.41. The van der Waals surface area contributed by atoms with Crippen molar-refractivity contribution in [2.45, 2.75) is 44.7 Å². The average molecular weight is 418 g/mol. The van der Waals surface area contributed by atoms with Crippen LogP contribution in [0.3, 0.4) is 0 Å². The lowest BCUT2D eigenvalue weighted by Gasteiger charge is -2.30. The van der Waals surface area contributed by atoms with Crippen LogP contribution in [0.25, 0.3) is 0 Å². The van der Waals surface area contributed by atoms with Crippen LogP contribution < -0.4 is 4.72 Å². The molecular weight excluding hydrogens is 390 g/mol. The second kappa shape index (κ2) is 9.02. The summed E-state index contributed by atoms with van der Waals surface area (Å²) in [5.41, 5.74) is 1.93. The second-order valence-electron chi connectivity index (χ2n) is 7.78. The molecule has 0 radical (unpaired) electrons. The van der Waals surface area contributed by atoms with E-state index < -0.39 is 20.6 Å². The number of hydrogen-bond acceptors (Lipinski definition) is 5. The van der Waals surface area contributed by atoms with Gasteiger partial charge < -0.3 is 0 Å². The van der Waals surface area contributed by atoms with Gasteiger partial charge in [-0.3, -0.25) is 15.0 Å². The summed E-state index contributed by atoms with van der Waals surface area (Å²) in [4.78, 5) is 12.7. The first-order valence-corrected chi connectivity index (χ1v) is 11.3. The highest BCUT2D eigenvalue weighted by molar-refractivity contribution is 7.89. The first-order chi connectivity index (χ1) is 13.8. The Labute approximate surface area is 171 Å². The van der Waals surface area contributed by atoms with Crippen LogP contribution in [0, 0.1) is 23.0 Å². The van der Waals surface area contributed by atoms with Gasteiger partial charge in [0.25, 0.3) is 5.69 Å². The van der Waals surface area contributed by atoms with Crippen molar-refractivity contribution in [3.8, 4) is 0 Å². The number of likely N-dealkylation sites (tertiary alicyclic amines) is 1. The third-order valence-electron chi connectivity index (χ3n) is 5.43. The van der Waals surface area contributed by atoms with E-state index in [2.05, 4.69) is 16.5 Å². The molecule has 0 aliphatic carbocycles. The van der Waals surface area contributed by atoms with Crippen molar-refractivity contribution in [3.63, 3.8) is 0 Å². The van der Waals surface area contributed by atoms with Gasteiger partial charge in [0.05, 0.1) is 4.92 Å². The number of nitro groups is 1. The molecule has 0 amide bonds. The van der Waals surface area contributed by atoms with Crippen molar-refractivity contribution in [2.24, 2.45) is 5.92 Å². The molecule has 2 aromatic carbocycles. The molecule has 8 heteroatoms. The highest BCUT2D eigenvalue weighted by Crippen LogP contribution is 2.27. The normalized spacial score (nSPS) is 16.1. The molecule has 0 bridgehead atoms. The van der Waals surface area contributed by atoms with Crippen LogP contribution in [0.1, 0.15) is 36.5 Å². The van der Waals surface area contributed by atoms with Crippen molar-refractivity contribution in [3.05, 3.63) is 69.3 Å². The molecule has 156 valence electrons. The fraction of sp³-hybridized carbons (Fsp3) is 0.429. The first-order valence-electron chi connectivity index (χ1n) is 9.80. The van der Waals surface area contributed by atoms with Gasteiger partial charge >= 0.3 is 0 Å². The SMILES string of the molecule is Cc1cccc([N+](=O)[O-])c1S(=O)(=O)NCc1ccc(CN2CCC(C)CC2)cc1. The van der Waals surface area contributed by atoms with Gasteiger partial charge in [0.15, 0.2) is 4.90 Å². The predicted octanol–water partition coefficient (Wildman–Crippen LogP) is 3.61. The van der Waals surface area contributed by atoms with Gasteiger partial charge in [-0.1, -0.05) is 43.3 Å². The molecule has 1 heterocycles. The van der Waals surface area contributed by atoms with E-state index in [4.69, 9.17) is 0 Å². The van der Waals surface area contributed by atoms with Crippen molar-refractivity contribution in [1.29, 1.82) is 0 Å². The standard InChI is InChI=1S/C21H27N3O4S/c1-16-10-12-23(13-11-16)15-19-8-6-18(7-9-19)14-22-29(27,28)21-17(2)4-3-5-20(21)24(25)26/h3-9,16,22H,10-15H2,1-2H3. The van der Waals surface area contributed by atoms with Crippen LogP contribution >= 0.6 is 0 Å². The van der Waals surface area contributed by atoms with E-state index >= 15 is 0 Å².